The summed E-state index contributed by atoms with van der Waals surface area (Å²) in [7, 11) is 0. The van der Waals surface area contributed by atoms with Gasteiger partial charge >= 0.3 is 12.2 Å². The highest BCUT2D eigenvalue weighted by Gasteiger charge is 2.56. The molecule has 140 valence electrons. The molecular weight excluding hydrogens is 342 g/mol. The number of carbonyl (C=O) groups is 2. The molecule has 1 saturated heterocycles. The first-order chi connectivity index (χ1) is 12.9. The predicted octanol–water partition coefficient (Wildman–Crippen LogP) is 5.00. The third-order valence-electron chi connectivity index (χ3n) is 5.08. The zero-order chi connectivity index (χ0) is 19.4. The Labute approximate surface area is 159 Å². The molecule has 5 heteroatoms. The Morgan fingerprint density at radius 1 is 1.15 bits per heavy atom. The number of carboxylic acid groups (broad SMARTS) is 1. The lowest BCUT2D eigenvalue weighted by molar-refractivity contribution is -0.793. The van der Waals surface area contributed by atoms with E-state index >= 15 is 0 Å². The second kappa shape index (κ2) is 7.76. The van der Waals surface area contributed by atoms with Crippen molar-refractivity contribution >= 4 is 18.3 Å². The molecule has 1 aliphatic rings. The fourth-order valence-corrected chi connectivity index (χ4v) is 3.49. The van der Waals surface area contributed by atoms with Crippen molar-refractivity contribution in [3.05, 3.63) is 76.9 Å². The number of rotatable bonds is 3. The van der Waals surface area contributed by atoms with Crippen molar-refractivity contribution in [1.29, 1.82) is 0 Å². The van der Waals surface area contributed by atoms with Gasteiger partial charge in [-0.25, -0.2) is 0 Å². The van der Waals surface area contributed by atoms with E-state index in [1.165, 1.54) is 0 Å². The van der Waals surface area contributed by atoms with Crippen LogP contribution in [0.1, 0.15) is 30.0 Å². The first-order valence-electron chi connectivity index (χ1n) is 9.00. The Morgan fingerprint density at radius 2 is 1.81 bits per heavy atom. The maximum absolute atomic E-state index is 12.8. The van der Waals surface area contributed by atoms with Gasteiger partial charge in [0.25, 0.3) is 0 Å². The molecule has 0 spiro atoms. The molecule has 1 N–H and O–H groups in total. The molecule has 2 aromatic carbocycles. The summed E-state index contributed by atoms with van der Waals surface area (Å²) >= 11 is 0. The summed E-state index contributed by atoms with van der Waals surface area (Å²) < 4.78 is 4.67. The molecule has 1 unspecified atom stereocenters. The van der Waals surface area contributed by atoms with E-state index in [1.54, 1.807) is 6.92 Å². The number of amides is 2. The Hall–Kier alpha value is -2.92. The minimum absolute atomic E-state index is 0.0662. The highest BCUT2D eigenvalue weighted by atomic mass is 16.6. The molecule has 2 aromatic rings. The Bertz CT molecular complexity index is 858. The van der Waals surface area contributed by atoms with Crippen molar-refractivity contribution in [1.82, 2.24) is 0 Å². The van der Waals surface area contributed by atoms with Gasteiger partial charge in [-0.05, 0) is 36.6 Å². The first kappa shape index (κ1) is 18.9. The van der Waals surface area contributed by atoms with Crippen molar-refractivity contribution in [2.24, 2.45) is 0 Å². The lowest BCUT2D eigenvalue weighted by atomic mass is 10.1. The van der Waals surface area contributed by atoms with Crippen molar-refractivity contribution in [2.75, 3.05) is 6.54 Å². The molecule has 1 fully saturated rings. The number of quaternary nitrogens is 1. The Kier molecular flexibility index (Phi) is 5.42. The van der Waals surface area contributed by atoms with Crippen molar-refractivity contribution in [3.8, 4) is 0 Å². The van der Waals surface area contributed by atoms with Crippen LogP contribution in [0.4, 0.5) is 9.59 Å². The summed E-state index contributed by atoms with van der Waals surface area (Å²) in [5, 5.41) is 9.87. The number of imide groups is 1. The number of carbonyl (C=O) groups excluding carboxylic acids is 1. The van der Waals surface area contributed by atoms with E-state index in [9.17, 15) is 14.7 Å². The molecule has 27 heavy (non-hydrogen) atoms. The van der Waals surface area contributed by atoms with Gasteiger partial charge in [0.1, 0.15) is 19.2 Å². The number of likely N-dealkylation sites (tertiary alicyclic amines) is 1. The number of aryl methyl sites for hydroxylation is 1. The molecule has 1 heterocycles. The lowest BCUT2D eigenvalue weighted by Gasteiger charge is -2.27. The summed E-state index contributed by atoms with van der Waals surface area (Å²) in [4.78, 5) is 24.9. The van der Waals surface area contributed by atoms with Crippen LogP contribution in [0.3, 0.4) is 0 Å². The van der Waals surface area contributed by atoms with E-state index in [0.29, 0.717) is 6.42 Å². The van der Waals surface area contributed by atoms with Gasteiger partial charge in [0.15, 0.2) is 0 Å². The molecule has 2 amide bonds. The van der Waals surface area contributed by atoms with Crippen LogP contribution < -0.4 is 0 Å². The first-order valence-corrected chi connectivity index (χ1v) is 9.00. The van der Waals surface area contributed by atoms with E-state index in [0.717, 1.165) is 22.3 Å². The Morgan fingerprint density at radius 3 is 2.44 bits per heavy atom. The average molecular weight is 366 g/mol. The minimum Gasteiger partial charge on any atom is -0.435 e. The van der Waals surface area contributed by atoms with Crippen LogP contribution >= 0.6 is 0 Å². The zero-order valence-corrected chi connectivity index (χ0v) is 15.6. The molecular formula is C22H24NO4+. The second-order valence-corrected chi connectivity index (χ2v) is 7.12. The van der Waals surface area contributed by atoms with E-state index in [2.05, 4.69) is 0 Å². The predicted molar refractivity (Wildman–Crippen MR) is 103 cm³/mol. The molecule has 0 aliphatic carbocycles. The van der Waals surface area contributed by atoms with E-state index < -0.39 is 16.7 Å². The van der Waals surface area contributed by atoms with Crippen LogP contribution in [0, 0.1) is 6.92 Å². The quantitative estimate of drug-likeness (QED) is 0.776. The minimum atomic E-state index is -1.17. The van der Waals surface area contributed by atoms with Crippen molar-refractivity contribution < 1.29 is 23.9 Å². The van der Waals surface area contributed by atoms with Gasteiger partial charge in [0.05, 0.1) is 0 Å². The molecule has 0 bridgehead atoms. The van der Waals surface area contributed by atoms with Crippen LogP contribution in [0.15, 0.2) is 60.2 Å². The van der Waals surface area contributed by atoms with Gasteiger partial charge < -0.3 is 9.84 Å². The summed E-state index contributed by atoms with van der Waals surface area (Å²) in [6.45, 7) is 3.99. The summed E-state index contributed by atoms with van der Waals surface area (Å²) in [6.07, 6.45) is 0.628. The highest BCUT2D eigenvalue weighted by Crippen LogP contribution is 2.34. The second-order valence-electron chi connectivity index (χ2n) is 7.12. The fourth-order valence-electron chi connectivity index (χ4n) is 3.49. The van der Waals surface area contributed by atoms with Crippen LogP contribution in [0.2, 0.25) is 0 Å². The Balaban J connectivity index is 1.80. The number of benzene rings is 2. The van der Waals surface area contributed by atoms with Gasteiger partial charge in [0.2, 0.25) is 0 Å². The smallest absolute Gasteiger partial charge is 0.435 e. The van der Waals surface area contributed by atoms with Gasteiger partial charge in [-0.1, -0.05) is 60.2 Å². The number of nitrogens with zero attached hydrogens (tertiary/aromatic N) is 1. The SMILES string of the molecule is Cc1ccc(C=C2C[C@@H](C)[N+](C(=O)O)(C(=O)OCc3ccccc3)C2)cc1. The lowest BCUT2D eigenvalue weighted by Crippen LogP contribution is -2.58. The van der Waals surface area contributed by atoms with Crippen LogP contribution in [0.25, 0.3) is 6.08 Å². The van der Waals surface area contributed by atoms with Gasteiger partial charge in [-0.15, -0.1) is 4.48 Å². The van der Waals surface area contributed by atoms with Gasteiger partial charge in [-0.2, -0.15) is 9.59 Å². The number of hydrogen-bond donors (Lipinski definition) is 1. The van der Waals surface area contributed by atoms with E-state index in [1.807, 2.05) is 67.6 Å². The van der Waals surface area contributed by atoms with E-state index in [4.69, 9.17) is 4.74 Å². The maximum Gasteiger partial charge on any atom is 0.527 e. The third-order valence-corrected chi connectivity index (χ3v) is 5.08. The topological polar surface area (TPSA) is 63.6 Å². The van der Waals surface area contributed by atoms with Crippen LogP contribution in [-0.2, 0) is 11.3 Å². The average Bonchev–Trinajstić information content (AvgIpc) is 2.99. The summed E-state index contributed by atoms with van der Waals surface area (Å²) in [5.41, 5.74) is 3.94. The van der Waals surface area contributed by atoms with Gasteiger partial charge in [-0.3, -0.25) is 0 Å². The highest BCUT2D eigenvalue weighted by molar-refractivity contribution is 5.77. The van der Waals surface area contributed by atoms with Crippen molar-refractivity contribution in [3.63, 3.8) is 0 Å². The van der Waals surface area contributed by atoms with Crippen LogP contribution in [0.5, 0.6) is 0 Å². The molecule has 3 rings (SSSR count). The number of hydrogen-bond acceptors (Lipinski definition) is 3. The fraction of sp³-hybridized carbons (Fsp3) is 0.273. The molecule has 0 aromatic heterocycles. The van der Waals surface area contributed by atoms with Crippen molar-refractivity contribution in [2.45, 2.75) is 32.9 Å². The number of ether oxygens (including phenoxy) is 1. The molecule has 1 aliphatic heterocycles. The zero-order valence-electron chi connectivity index (χ0n) is 15.6. The molecule has 5 nitrogen and oxygen atoms in total. The summed E-state index contributed by atoms with van der Waals surface area (Å²) in [5.74, 6) is 0. The molecule has 0 radical (unpaired) electrons. The largest absolute Gasteiger partial charge is 0.527 e. The molecule has 2 atom stereocenters. The monoisotopic (exact) mass is 366 g/mol. The summed E-state index contributed by atoms with van der Waals surface area (Å²) in [6, 6.07) is 16.9. The van der Waals surface area contributed by atoms with Crippen LogP contribution in [-0.4, -0.2) is 34.4 Å². The third kappa shape index (κ3) is 3.93. The van der Waals surface area contributed by atoms with Gasteiger partial charge in [0, 0.05) is 6.42 Å². The standard InChI is InChI=1S/C22H23NO4/c1-16-8-10-18(11-9-16)13-20-12-17(2)23(14-20,21(24)25)22(26)27-15-19-6-4-3-5-7-19/h3-11,13,17H,12,14-15H2,1-2H3/p+1/t17-,23?/m1/s1. The maximum atomic E-state index is 12.8. The normalized spacial score (nSPS) is 23.3. The van der Waals surface area contributed by atoms with E-state index in [-0.39, 0.29) is 19.2 Å². The molecule has 0 saturated carbocycles.